The van der Waals surface area contributed by atoms with Crippen LogP contribution < -0.4 is 24.8 Å². The van der Waals surface area contributed by atoms with Gasteiger partial charge in [-0.3, -0.25) is 4.79 Å². The Balaban J connectivity index is 1.58. The first kappa shape index (κ1) is 21.0. The zero-order valence-corrected chi connectivity index (χ0v) is 18.8. The van der Waals surface area contributed by atoms with Crippen molar-refractivity contribution in [3.63, 3.8) is 0 Å². The lowest BCUT2D eigenvalue weighted by Crippen LogP contribution is -2.26. The van der Waals surface area contributed by atoms with Crippen molar-refractivity contribution in [2.24, 2.45) is 0 Å². The van der Waals surface area contributed by atoms with E-state index in [4.69, 9.17) is 18.6 Å². The molecule has 2 N–H and O–H groups in total. The van der Waals surface area contributed by atoms with Gasteiger partial charge in [0.15, 0.2) is 17.3 Å². The summed E-state index contributed by atoms with van der Waals surface area (Å²) in [5.41, 5.74) is 4.42. The van der Waals surface area contributed by atoms with E-state index in [0.717, 1.165) is 22.6 Å². The number of methoxy groups -OCH3 is 3. The summed E-state index contributed by atoms with van der Waals surface area (Å²) in [7, 11) is 4.77. The highest BCUT2D eigenvalue weighted by Crippen LogP contribution is 2.47. The number of ketones is 1. The second-order valence-electron chi connectivity index (χ2n) is 8.14. The van der Waals surface area contributed by atoms with Crippen LogP contribution in [0.3, 0.4) is 0 Å². The number of rotatable bonds is 5. The second-order valence-corrected chi connectivity index (χ2v) is 8.14. The molecule has 7 heteroatoms. The molecule has 0 spiro atoms. The number of ether oxygens (including phenoxy) is 3. The second kappa shape index (κ2) is 8.58. The minimum absolute atomic E-state index is 0.0417. The fourth-order valence-corrected chi connectivity index (χ4v) is 4.73. The molecule has 2 aromatic carbocycles. The van der Waals surface area contributed by atoms with Crippen LogP contribution in [0.25, 0.3) is 0 Å². The Kier molecular flexibility index (Phi) is 5.46. The number of para-hydroxylation sites is 2. The number of anilines is 2. The molecule has 33 heavy (non-hydrogen) atoms. The van der Waals surface area contributed by atoms with Crippen molar-refractivity contribution in [3.8, 4) is 17.2 Å². The highest BCUT2D eigenvalue weighted by Gasteiger charge is 2.37. The normalized spacial score (nSPS) is 19.5. The predicted octanol–water partition coefficient (Wildman–Crippen LogP) is 5.28. The average Bonchev–Trinajstić information content (AvgIpc) is 3.31. The molecular weight excluding hydrogens is 420 g/mol. The number of nitrogens with one attached hydrogen (secondary N) is 2. The molecule has 1 aliphatic heterocycles. The molecule has 1 aliphatic carbocycles. The molecule has 0 fully saturated rings. The highest BCUT2D eigenvalue weighted by molar-refractivity contribution is 6.01. The van der Waals surface area contributed by atoms with Crippen molar-refractivity contribution in [1.29, 1.82) is 0 Å². The molecule has 0 bridgehead atoms. The van der Waals surface area contributed by atoms with E-state index in [1.165, 1.54) is 0 Å². The number of Topliss-reactive ketones (excluding diaryl/α,β-unsaturated/α-hetero) is 1. The molecule has 3 aromatic rings. The average molecular weight is 447 g/mol. The number of hydrogen-bond acceptors (Lipinski definition) is 7. The van der Waals surface area contributed by atoms with Crippen molar-refractivity contribution in [3.05, 3.63) is 77.4 Å². The van der Waals surface area contributed by atoms with Crippen LogP contribution in [0.2, 0.25) is 0 Å². The van der Waals surface area contributed by atoms with E-state index < -0.39 is 0 Å². The molecule has 0 amide bonds. The van der Waals surface area contributed by atoms with Crippen LogP contribution in [-0.2, 0) is 4.79 Å². The summed E-state index contributed by atoms with van der Waals surface area (Å²) >= 11 is 0. The third-order valence-corrected chi connectivity index (χ3v) is 6.30. The van der Waals surface area contributed by atoms with Gasteiger partial charge >= 0.3 is 0 Å². The Morgan fingerprint density at radius 1 is 0.909 bits per heavy atom. The number of allylic oxidation sites excluding steroid dienone is 1. The molecule has 2 unspecified atom stereocenters. The van der Waals surface area contributed by atoms with Gasteiger partial charge < -0.3 is 29.3 Å². The van der Waals surface area contributed by atoms with Crippen LogP contribution in [0.5, 0.6) is 17.2 Å². The van der Waals surface area contributed by atoms with Gasteiger partial charge in [0.05, 0.1) is 39.0 Å². The molecule has 0 saturated carbocycles. The molecule has 0 saturated heterocycles. The minimum Gasteiger partial charge on any atom is -0.493 e. The van der Waals surface area contributed by atoms with E-state index in [-0.39, 0.29) is 17.7 Å². The third-order valence-electron chi connectivity index (χ3n) is 6.30. The summed E-state index contributed by atoms with van der Waals surface area (Å²) in [6, 6.07) is 15.2. The smallest absolute Gasteiger partial charge is 0.203 e. The lowest BCUT2D eigenvalue weighted by Gasteiger charge is -2.29. The summed E-state index contributed by atoms with van der Waals surface area (Å²) in [5.74, 6) is 2.43. The van der Waals surface area contributed by atoms with Crippen LogP contribution in [0.1, 0.15) is 36.1 Å². The summed E-state index contributed by atoms with van der Waals surface area (Å²) < 4.78 is 22.2. The minimum atomic E-state index is -0.362. The van der Waals surface area contributed by atoms with Crippen LogP contribution in [0.15, 0.2) is 70.5 Å². The van der Waals surface area contributed by atoms with Gasteiger partial charge in [-0.25, -0.2) is 0 Å². The number of hydrogen-bond donors (Lipinski definition) is 2. The van der Waals surface area contributed by atoms with Gasteiger partial charge in [0.25, 0.3) is 0 Å². The summed E-state index contributed by atoms with van der Waals surface area (Å²) in [4.78, 5) is 13.6. The van der Waals surface area contributed by atoms with Crippen molar-refractivity contribution in [2.45, 2.75) is 24.8 Å². The monoisotopic (exact) mass is 446 g/mol. The topological polar surface area (TPSA) is 82.0 Å². The summed E-state index contributed by atoms with van der Waals surface area (Å²) in [5, 5.41) is 7.04. The molecule has 5 rings (SSSR count). The van der Waals surface area contributed by atoms with E-state index in [9.17, 15) is 4.79 Å². The number of carbonyl (C=O) groups excluding carboxylic acids is 1. The third kappa shape index (κ3) is 3.69. The Labute approximate surface area is 192 Å². The van der Waals surface area contributed by atoms with Gasteiger partial charge in [-0.15, -0.1) is 0 Å². The maximum absolute atomic E-state index is 13.6. The predicted molar refractivity (Wildman–Crippen MR) is 125 cm³/mol. The van der Waals surface area contributed by atoms with Gasteiger partial charge in [-0.1, -0.05) is 12.1 Å². The van der Waals surface area contributed by atoms with Crippen LogP contribution in [-0.4, -0.2) is 27.1 Å². The standard InChI is InChI=1S/C26H26N2O5/c1-30-22-13-16(14-23(31-2)26(22)32-3)15-11-19-24(20(29)12-15)25(21-9-6-10-33-21)28-18-8-5-4-7-17(18)27-19/h4-10,13-15,25,27-28H,11-12H2,1-3H3. The maximum Gasteiger partial charge on any atom is 0.203 e. The van der Waals surface area contributed by atoms with E-state index in [2.05, 4.69) is 10.6 Å². The fourth-order valence-electron chi connectivity index (χ4n) is 4.73. The molecule has 2 atom stereocenters. The quantitative estimate of drug-likeness (QED) is 0.551. The fraction of sp³-hybridized carbons (Fsp3) is 0.269. The Bertz CT molecular complexity index is 1190. The van der Waals surface area contributed by atoms with Crippen molar-refractivity contribution >= 4 is 17.2 Å². The number of furan rings is 1. The van der Waals surface area contributed by atoms with E-state index in [0.29, 0.717) is 41.4 Å². The largest absolute Gasteiger partial charge is 0.493 e. The Morgan fingerprint density at radius 3 is 2.27 bits per heavy atom. The highest BCUT2D eigenvalue weighted by atomic mass is 16.5. The van der Waals surface area contributed by atoms with Crippen molar-refractivity contribution < 1.29 is 23.4 Å². The van der Waals surface area contributed by atoms with E-state index in [1.54, 1.807) is 27.6 Å². The van der Waals surface area contributed by atoms with Gasteiger partial charge in [0, 0.05) is 17.7 Å². The first-order valence-electron chi connectivity index (χ1n) is 10.8. The van der Waals surface area contributed by atoms with Crippen LogP contribution in [0, 0.1) is 0 Å². The van der Waals surface area contributed by atoms with E-state index in [1.807, 2.05) is 48.5 Å². The molecule has 2 aliphatic rings. The molecule has 0 radical (unpaired) electrons. The lowest BCUT2D eigenvalue weighted by molar-refractivity contribution is -0.116. The first-order chi connectivity index (χ1) is 16.1. The molecular formula is C26H26N2O5. The molecule has 7 nitrogen and oxygen atoms in total. The zero-order valence-electron chi connectivity index (χ0n) is 18.8. The van der Waals surface area contributed by atoms with Crippen LogP contribution in [0.4, 0.5) is 11.4 Å². The van der Waals surface area contributed by atoms with Gasteiger partial charge in [0.2, 0.25) is 5.75 Å². The van der Waals surface area contributed by atoms with Gasteiger partial charge in [-0.05, 0) is 54.3 Å². The lowest BCUT2D eigenvalue weighted by atomic mass is 9.79. The number of carbonyl (C=O) groups is 1. The summed E-state index contributed by atoms with van der Waals surface area (Å²) in [6.45, 7) is 0. The van der Waals surface area contributed by atoms with Crippen molar-refractivity contribution in [1.82, 2.24) is 0 Å². The Hall–Kier alpha value is -3.87. The molecule has 170 valence electrons. The summed E-state index contributed by atoms with van der Waals surface area (Å²) in [6.07, 6.45) is 2.66. The van der Waals surface area contributed by atoms with Gasteiger partial charge in [0.1, 0.15) is 11.8 Å². The number of benzene rings is 2. The van der Waals surface area contributed by atoms with Crippen LogP contribution >= 0.6 is 0 Å². The first-order valence-corrected chi connectivity index (χ1v) is 10.8. The Morgan fingerprint density at radius 2 is 1.64 bits per heavy atom. The van der Waals surface area contributed by atoms with Crippen molar-refractivity contribution in [2.75, 3.05) is 32.0 Å². The number of fused-ring (bicyclic) bond motifs is 1. The SMILES string of the molecule is COc1cc(C2CC(=O)C3=C(C2)Nc2ccccc2NC3c2ccco2)cc(OC)c1OC. The maximum atomic E-state index is 13.6. The van der Waals surface area contributed by atoms with Gasteiger partial charge in [-0.2, -0.15) is 0 Å². The molecule has 1 aromatic heterocycles. The molecule has 2 heterocycles. The van der Waals surface area contributed by atoms with E-state index >= 15 is 0 Å². The zero-order chi connectivity index (χ0) is 22.9.